The summed E-state index contributed by atoms with van der Waals surface area (Å²) in [5, 5.41) is 2.55. The van der Waals surface area contributed by atoms with E-state index in [4.69, 9.17) is 0 Å². The molecule has 0 saturated heterocycles. The molecule has 0 radical (unpaired) electrons. The van der Waals surface area contributed by atoms with E-state index in [-0.39, 0.29) is 0 Å². The number of para-hydroxylation sites is 2. The van der Waals surface area contributed by atoms with Crippen molar-refractivity contribution in [3.8, 4) is 16.8 Å². The van der Waals surface area contributed by atoms with Gasteiger partial charge in [0.2, 0.25) is 0 Å². The van der Waals surface area contributed by atoms with Crippen LogP contribution in [0.15, 0.2) is 95.5 Å². The molecule has 1 heterocycles. The molecule has 0 aliphatic heterocycles. The molecular weight excluding hydrogens is 394 g/mol. The van der Waals surface area contributed by atoms with E-state index in [2.05, 4.69) is 118 Å². The summed E-state index contributed by atoms with van der Waals surface area (Å²) in [6, 6.07) is 32.5. The van der Waals surface area contributed by atoms with Crippen LogP contribution in [0, 0.1) is 6.92 Å². The topological polar surface area (TPSA) is 4.93 Å². The molecule has 27 heavy (non-hydrogen) atoms. The molecule has 0 aliphatic carbocycles. The van der Waals surface area contributed by atoms with Crippen LogP contribution in [0.2, 0.25) is 0 Å². The zero-order valence-electron chi connectivity index (χ0n) is 15.0. The van der Waals surface area contributed by atoms with Crippen molar-refractivity contribution in [1.29, 1.82) is 0 Å². The van der Waals surface area contributed by atoms with Crippen molar-refractivity contribution in [3.63, 3.8) is 0 Å². The summed E-state index contributed by atoms with van der Waals surface area (Å²) in [5.41, 5.74) is 7.39. The van der Waals surface area contributed by atoms with Gasteiger partial charge in [0.25, 0.3) is 0 Å². The molecule has 0 N–H and O–H groups in total. The monoisotopic (exact) mass is 411 g/mol. The highest BCUT2D eigenvalue weighted by molar-refractivity contribution is 9.10. The van der Waals surface area contributed by atoms with E-state index < -0.39 is 0 Å². The SMILES string of the molecule is Cc1cccc(-c2ccccc2-n2c3ccccc3c3ccc(Br)cc32)c1. The third kappa shape index (κ3) is 2.68. The molecule has 0 saturated carbocycles. The minimum Gasteiger partial charge on any atom is -0.309 e. The fourth-order valence-electron chi connectivity index (χ4n) is 3.93. The number of rotatable bonds is 2. The average Bonchev–Trinajstić information content (AvgIpc) is 3.01. The van der Waals surface area contributed by atoms with Crippen LogP contribution in [0.5, 0.6) is 0 Å². The number of hydrogen-bond donors (Lipinski definition) is 0. The van der Waals surface area contributed by atoms with Crippen molar-refractivity contribution in [2.24, 2.45) is 0 Å². The Morgan fingerprint density at radius 2 is 1.44 bits per heavy atom. The normalized spacial score (nSPS) is 11.3. The second-order valence-corrected chi connectivity index (χ2v) is 7.82. The average molecular weight is 412 g/mol. The van der Waals surface area contributed by atoms with Gasteiger partial charge in [0.05, 0.1) is 16.7 Å². The lowest BCUT2D eigenvalue weighted by Gasteiger charge is -2.14. The van der Waals surface area contributed by atoms with Gasteiger partial charge in [0.15, 0.2) is 0 Å². The van der Waals surface area contributed by atoms with Gasteiger partial charge in [-0.3, -0.25) is 0 Å². The highest BCUT2D eigenvalue weighted by Gasteiger charge is 2.15. The summed E-state index contributed by atoms with van der Waals surface area (Å²) in [7, 11) is 0. The lowest BCUT2D eigenvalue weighted by molar-refractivity contribution is 1.18. The summed E-state index contributed by atoms with van der Waals surface area (Å²) in [6.45, 7) is 2.14. The van der Waals surface area contributed by atoms with Crippen molar-refractivity contribution in [2.75, 3.05) is 0 Å². The quantitative estimate of drug-likeness (QED) is 0.283. The molecule has 5 aromatic rings. The Morgan fingerprint density at radius 3 is 2.33 bits per heavy atom. The third-order valence-electron chi connectivity index (χ3n) is 5.11. The maximum Gasteiger partial charge on any atom is 0.0552 e. The highest BCUT2D eigenvalue weighted by atomic mass is 79.9. The maximum atomic E-state index is 3.66. The molecule has 1 nitrogen and oxygen atoms in total. The van der Waals surface area contributed by atoms with Crippen LogP contribution in [0.3, 0.4) is 0 Å². The van der Waals surface area contributed by atoms with E-state index in [9.17, 15) is 0 Å². The van der Waals surface area contributed by atoms with Crippen molar-refractivity contribution >= 4 is 37.7 Å². The van der Waals surface area contributed by atoms with Crippen LogP contribution >= 0.6 is 15.9 Å². The molecule has 4 aromatic carbocycles. The number of halogens is 1. The van der Waals surface area contributed by atoms with E-state index in [0.717, 1.165) is 4.47 Å². The molecule has 5 rings (SSSR count). The van der Waals surface area contributed by atoms with E-state index in [1.807, 2.05) is 0 Å². The number of aryl methyl sites for hydroxylation is 1. The zero-order valence-corrected chi connectivity index (χ0v) is 16.6. The van der Waals surface area contributed by atoms with Crippen molar-refractivity contribution in [1.82, 2.24) is 4.57 Å². The summed E-state index contributed by atoms with van der Waals surface area (Å²) in [5.74, 6) is 0. The first kappa shape index (κ1) is 16.3. The minimum absolute atomic E-state index is 1.09. The van der Waals surface area contributed by atoms with E-state index >= 15 is 0 Å². The Morgan fingerprint density at radius 1 is 0.667 bits per heavy atom. The predicted molar refractivity (Wildman–Crippen MR) is 119 cm³/mol. The van der Waals surface area contributed by atoms with Gasteiger partial charge in [-0.2, -0.15) is 0 Å². The maximum absolute atomic E-state index is 3.66. The second-order valence-electron chi connectivity index (χ2n) is 6.90. The van der Waals surface area contributed by atoms with Gasteiger partial charge in [0.1, 0.15) is 0 Å². The fourth-order valence-corrected chi connectivity index (χ4v) is 4.28. The first-order valence-electron chi connectivity index (χ1n) is 9.07. The molecule has 0 bridgehead atoms. The predicted octanol–water partition coefficient (Wildman–Crippen LogP) is 7.52. The Balaban J connectivity index is 1.91. The van der Waals surface area contributed by atoms with Crippen molar-refractivity contribution in [3.05, 3.63) is 101 Å². The standard InChI is InChI=1S/C25H18BrN/c1-17-7-6-8-18(15-17)20-9-2-4-11-23(20)27-24-12-5-3-10-21(24)22-14-13-19(26)16-25(22)27/h2-16H,1H3. The minimum atomic E-state index is 1.09. The molecule has 130 valence electrons. The van der Waals surface area contributed by atoms with E-state index in [1.54, 1.807) is 0 Å². The third-order valence-corrected chi connectivity index (χ3v) is 5.60. The van der Waals surface area contributed by atoms with Crippen LogP contribution in [0.25, 0.3) is 38.6 Å². The first-order chi connectivity index (χ1) is 13.2. The molecule has 0 amide bonds. The lowest BCUT2D eigenvalue weighted by atomic mass is 10.0. The molecule has 0 unspecified atom stereocenters. The molecular formula is C25H18BrN. The summed E-state index contributed by atoms with van der Waals surface area (Å²) < 4.78 is 3.47. The Bertz CT molecular complexity index is 1300. The van der Waals surface area contributed by atoms with Crippen molar-refractivity contribution < 1.29 is 0 Å². The van der Waals surface area contributed by atoms with E-state index in [0.29, 0.717) is 0 Å². The van der Waals surface area contributed by atoms with Gasteiger partial charge >= 0.3 is 0 Å². The summed E-state index contributed by atoms with van der Waals surface area (Å²) in [4.78, 5) is 0. The molecule has 0 atom stereocenters. The fraction of sp³-hybridized carbons (Fsp3) is 0.0400. The molecule has 1 aromatic heterocycles. The van der Waals surface area contributed by atoms with Crippen LogP contribution in [0.1, 0.15) is 5.56 Å². The Labute approximate surface area is 167 Å². The zero-order chi connectivity index (χ0) is 18.4. The van der Waals surface area contributed by atoms with Gasteiger partial charge in [-0.1, -0.05) is 88.2 Å². The number of benzene rings is 4. The largest absolute Gasteiger partial charge is 0.309 e. The number of nitrogens with zero attached hydrogens (tertiary/aromatic N) is 1. The molecule has 0 aliphatic rings. The van der Waals surface area contributed by atoms with Gasteiger partial charge in [-0.25, -0.2) is 0 Å². The van der Waals surface area contributed by atoms with Gasteiger partial charge in [0, 0.05) is 20.8 Å². The second kappa shape index (κ2) is 6.40. The lowest BCUT2D eigenvalue weighted by Crippen LogP contribution is -1.97. The molecule has 0 spiro atoms. The number of hydrogen-bond acceptors (Lipinski definition) is 0. The Kier molecular flexibility index (Phi) is 3.87. The summed E-state index contributed by atoms with van der Waals surface area (Å²) >= 11 is 3.66. The number of aromatic nitrogens is 1. The first-order valence-corrected chi connectivity index (χ1v) is 9.87. The van der Waals surface area contributed by atoms with Crippen molar-refractivity contribution in [2.45, 2.75) is 6.92 Å². The number of fused-ring (bicyclic) bond motifs is 3. The van der Waals surface area contributed by atoms with Crippen LogP contribution in [-0.4, -0.2) is 4.57 Å². The van der Waals surface area contributed by atoms with Crippen LogP contribution in [0.4, 0.5) is 0 Å². The van der Waals surface area contributed by atoms with E-state index in [1.165, 1.54) is 44.2 Å². The van der Waals surface area contributed by atoms with Crippen LogP contribution in [-0.2, 0) is 0 Å². The van der Waals surface area contributed by atoms with Gasteiger partial charge in [-0.15, -0.1) is 0 Å². The van der Waals surface area contributed by atoms with Gasteiger partial charge in [-0.05, 0) is 36.8 Å². The smallest absolute Gasteiger partial charge is 0.0552 e. The highest BCUT2D eigenvalue weighted by Crippen LogP contribution is 2.37. The van der Waals surface area contributed by atoms with Crippen LogP contribution < -0.4 is 0 Å². The molecule has 0 fully saturated rings. The Hall–Kier alpha value is -2.84. The summed E-state index contributed by atoms with van der Waals surface area (Å²) in [6.07, 6.45) is 0. The molecule has 2 heteroatoms. The van der Waals surface area contributed by atoms with Gasteiger partial charge < -0.3 is 4.57 Å².